The lowest BCUT2D eigenvalue weighted by Crippen LogP contribution is -2.43. The number of nitrogens with two attached hydrogens (primary N) is 1. The zero-order chi connectivity index (χ0) is 17.1. The second kappa shape index (κ2) is 7.01. The van der Waals surface area contributed by atoms with Crippen LogP contribution in [0, 0.1) is 0 Å². The topological polar surface area (TPSA) is 67.6 Å². The quantitative estimate of drug-likeness (QED) is 0.832. The van der Waals surface area contributed by atoms with E-state index in [2.05, 4.69) is 12.2 Å². The van der Waals surface area contributed by atoms with Gasteiger partial charge in [-0.3, -0.25) is 4.79 Å². The first-order chi connectivity index (χ1) is 11.6. The molecule has 1 atom stereocenters. The van der Waals surface area contributed by atoms with Gasteiger partial charge in [0.05, 0.1) is 29.5 Å². The molecule has 1 amide bonds. The van der Waals surface area contributed by atoms with Crippen LogP contribution in [0.4, 0.5) is 17.1 Å². The normalized spacial score (nSPS) is 16.2. The molecule has 0 spiro atoms. The van der Waals surface area contributed by atoms with Crippen LogP contribution in [0.3, 0.4) is 0 Å². The number of fused-ring (bicyclic) bond motifs is 1. The van der Waals surface area contributed by atoms with Crippen LogP contribution in [0.2, 0.25) is 5.02 Å². The molecule has 0 fully saturated rings. The van der Waals surface area contributed by atoms with E-state index < -0.39 is 0 Å². The molecule has 2 aromatic rings. The van der Waals surface area contributed by atoms with Crippen molar-refractivity contribution in [1.82, 2.24) is 0 Å². The number of carbonyl (C=O) groups excluding carboxylic acids is 1. The number of para-hydroxylation sites is 1. The Bertz CT molecular complexity index is 751. The molecular formula is C18H20ClN3O2. The van der Waals surface area contributed by atoms with Crippen LogP contribution in [0.1, 0.15) is 13.3 Å². The van der Waals surface area contributed by atoms with Gasteiger partial charge in [0.25, 0.3) is 0 Å². The largest absolute Gasteiger partial charge is 0.486 e. The molecule has 2 aromatic carbocycles. The lowest BCUT2D eigenvalue weighted by atomic mass is 10.1. The molecule has 1 aliphatic heterocycles. The van der Waals surface area contributed by atoms with Gasteiger partial charge < -0.3 is 20.7 Å². The van der Waals surface area contributed by atoms with Gasteiger partial charge in [-0.2, -0.15) is 0 Å². The number of benzene rings is 2. The summed E-state index contributed by atoms with van der Waals surface area (Å²) >= 11 is 6.09. The van der Waals surface area contributed by atoms with Gasteiger partial charge in [0.15, 0.2) is 0 Å². The number of ether oxygens (including phenoxy) is 1. The van der Waals surface area contributed by atoms with Gasteiger partial charge >= 0.3 is 0 Å². The summed E-state index contributed by atoms with van der Waals surface area (Å²) in [6, 6.07) is 12.7. The standard InChI is InChI=1S/C18H20ClN3O2/c1-2-13-10-22(16-9-12(20)7-8-17(16)24-13)11-18(23)21-15-6-4-3-5-14(15)19/h3-9,13H,2,10-11,20H2,1H3,(H,21,23). The Kier molecular flexibility index (Phi) is 4.81. The van der Waals surface area contributed by atoms with Crippen LogP contribution in [0.15, 0.2) is 42.5 Å². The maximum absolute atomic E-state index is 12.4. The number of carbonyl (C=O) groups is 1. The second-order valence-electron chi connectivity index (χ2n) is 5.78. The fourth-order valence-corrected chi connectivity index (χ4v) is 2.91. The van der Waals surface area contributed by atoms with Crippen LogP contribution in [0.5, 0.6) is 5.75 Å². The van der Waals surface area contributed by atoms with Crippen molar-refractivity contribution in [1.29, 1.82) is 0 Å². The molecule has 1 heterocycles. The Morgan fingerprint density at radius 2 is 2.17 bits per heavy atom. The third-order valence-electron chi connectivity index (χ3n) is 3.98. The van der Waals surface area contributed by atoms with Crippen molar-refractivity contribution in [3.63, 3.8) is 0 Å². The summed E-state index contributed by atoms with van der Waals surface area (Å²) in [6.07, 6.45) is 0.918. The molecule has 0 aromatic heterocycles. The van der Waals surface area contributed by atoms with Crippen LogP contribution in [0.25, 0.3) is 0 Å². The number of nitrogen functional groups attached to an aromatic ring is 1. The molecule has 6 heteroatoms. The molecule has 3 rings (SSSR count). The number of nitrogens with zero attached hydrogens (tertiary/aromatic N) is 1. The Morgan fingerprint density at radius 3 is 2.92 bits per heavy atom. The number of hydrogen-bond acceptors (Lipinski definition) is 4. The smallest absolute Gasteiger partial charge is 0.243 e. The molecular weight excluding hydrogens is 326 g/mol. The highest BCUT2D eigenvalue weighted by Crippen LogP contribution is 2.35. The Morgan fingerprint density at radius 1 is 1.38 bits per heavy atom. The predicted molar refractivity (Wildman–Crippen MR) is 97.9 cm³/mol. The third-order valence-corrected chi connectivity index (χ3v) is 4.31. The summed E-state index contributed by atoms with van der Waals surface area (Å²) in [7, 11) is 0. The highest BCUT2D eigenvalue weighted by Gasteiger charge is 2.26. The molecule has 5 nitrogen and oxygen atoms in total. The van der Waals surface area contributed by atoms with Crippen LogP contribution in [-0.4, -0.2) is 25.1 Å². The molecule has 3 N–H and O–H groups in total. The fourth-order valence-electron chi connectivity index (χ4n) is 2.73. The van der Waals surface area contributed by atoms with E-state index in [4.69, 9.17) is 22.1 Å². The molecule has 0 saturated carbocycles. The van der Waals surface area contributed by atoms with Gasteiger partial charge in [0.1, 0.15) is 11.9 Å². The second-order valence-corrected chi connectivity index (χ2v) is 6.19. The van der Waals surface area contributed by atoms with Gasteiger partial charge in [-0.05, 0) is 36.8 Å². The van der Waals surface area contributed by atoms with Crippen LogP contribution < -0.4 is 20.7 Å². The summed E-state index contributed by atoms with van der Waals surface area (Å²) < 4.78 is 5.94. The number of halogens is 1. The third kappa shape index (κ3) is 3.57. The van der Waals surface area contributed by atoms with Crippen molar-refractivity contribution in [2.24, 2.45) is 0 Å². The minimum atomic E-state index is -0.131. The highest BCUT2D eigenvalue weighted by molar-refractivity contribution is 6.33. The number of amides is 1. The molecule has 1 aliphatic rings. The van der Waals surface area contributed by atoms with E-state index in [1.807, 2.05) is 29.2 Å². The van der Waals surface area contributed by atoms with Gasteiger partial charge in [-0.15, -0.1) is 0 Å². The number of hydrogen-bond donors (Lipinski definition) is 2. The van der Waals surface area contributed by atoms with Crippen molar-refractivity contribution < 1.29 is 9.53 Å². The van der Waals surface area contributed by atoms with E-state index >= 15 is 0 Å². The average Bonchev–Trinajstić information content (AvgIpc) is 2.57. The van der Waals surface area contributed by atoms with Gasteiger partial charge in [-0.25, -0.2) is 0 Å². The number of rotatable bonds is 4. The summed E-state index contributed by atoms with van der Waals surface area (Å²) in [5.74, 6) is 0.626. The first-order valence-electron chi connectivity index (χ1n) is 7.92. The Balaban J connectivity index is 1.77. The van der Waals surface area contributed by atoms with E-state index in [-0.39, 0.29) is 18.6 Å². The monoisotopic (exact) mass is 345 g/mol. The molecule has 0 radical (unpaired) electrons. The Labute approximate surface area is 146 Å². The molecule has 0 aliphatic carbocycles. The lowest BCUT2D eigenvalue weighted by Gasteiger charge is -2.35. The van der Waals surface area contributed by atoms with Gasteiger partial charge in [0, 0.05) is 5.69 Å². The van der Waals surface area contributed by atoms with E-state index in [9.17, 15) is 4.79 Å². The molecule has 1 unspecified atom stereocenters. The molecule has 0 saturated heterocycles. The van der Waals surface area contributed by atoms with Crippen LogP contribution in [-0.2, 0) is 4.79 Å². The lowest BCUT2D eigenvalue weighted by molar-refractivity contribution is -0.115. The average molecular weight is 346 g/mol. The first-order valence-corrected chi connectivity index (χ1v) is 8.30. The highest BCUT2D eigenvalue weighted by atomic mass is 35.5. The summed E-state index contributed by atoms with van der Waals surface area (Å²) in [6.45, 7) is 2.92. The van der Waals surface area contributed by atoms with Crippen molar-refractivity contribution in [3.8, 4) is 5.75 Å². The number of anilines is 3. The summed E-state index contributed by atoms with van der Waals surface area (Å²) in [5, 5.41) is 3.37. The zero-order valence-electron chi connectivity index (χ0n) is 13.5. The van der Waals surface area contributed by atoms with Gasteiger partial charge in [0.2, 0.25) is 5.91 Å². The Hall–Kier alpha value is -2.40. The van der Waals surface area contributed by atoms with Gasteiger partial charge in [-0.1, -0.05) is 30.7 Å². The van der Waals surface area contributed by atoms with E-state index in [1.54, 1.807) is 18.2 Å². The minimum absolute atomic E-state index is 0.0502. The van der Waals surface area contributed by atoms with E-state index in [0.29, 0.717) is 22.9 Å². The van der Waals surface area contributed by atoms with E-state index in [0.717, 1.165) is 17.9 Å². The van der Waals surface area contributed by atoms with Crippen LogP contribution >= 0.6 is 11.6 Å². The zero-order valence-corrected chi connectivity index (χ0v) is 14.2. The maximum atomic E-state index is 12.4. The molecule has 24 heavy (non-hydrogen) atoms. The SMILES string of the molecule is CCC1CN(CC(=O)Nc2ccccc2Cl)c2cc(N)ccc2O1. The van der Waals surface area contributed by atoms with Crippen molar-refractivity contribution >= 4 is 34.6 Å². The minimum Gasteiger partial charge on any atom is -0.486 e. The predicted octanol–water partition coefficient (Wildman–Crippen LogP) is 3.54. The molecule has 126 valence electrons. The summed E-state index contributed by atoms with van der Waals surface area (Å²) in [4.78, 5) is 14.4. The first kappa shape index (κ1) is 16.5. The molecule has 0 bridgehead atoms. The number of nitrogens with one attached hydrogen (secondary N) is 1. The fraction of sp³-hybridized carbons (Fsp3) is 0.278. The maximum Gasteiger partial charge on any atom is 0.243 e. The van der Waals surface area contributed by atoms with E-state index in [1.165, 1.54) is 0 Å². The van der Waals surface area contributed by atoms with Crippen molar-refractivity contribution in [3.05, 3.63) is 47.5 Å². The summed E-state index contributed by atoms with van der Waals surface area (Å²) in [5.41, 5.74) is 7.98. The van der Waals surface area contributed by atoms with Crippen molar-refractivity contribution in [2.75, 3.05) is 29.0 Å². The van der Waals surface area contributed by atoms with Crippen molar-refractivity contribution in [2.45, 2.75) is 19.4 Å².